The van der Waals surface area contributed by atoms with Gasteiger partial charge in [-0.3, -0.25) is 0 Å². The number of nitrogens with zero attached hydrogens (tertiary/aromatic N) is 4. The van der Waals surface area contributed by atoms with Crippen LogP contribution in [0.25, 0.3) is 10.4 Å². The third-order valence-electron chi connectivity index (χ3n) is 0.118. The SMILES string of the molecule is N#CON=[N+]=[N-]. The Hall–Kier alpha value is -1.40. The van der Waals surface area contributed by atoms with E-state index in [0.717, 1.165) is 6.26 Å². The van der Waals surface area contributed by atoms with Gasteiger partial charge in [-0.15, -0.1) is 5.26 Å². The lowest BCUT2D eigenvalue weighted by Gasteiger charge is -1.63. The van der Waals surface area contributed by atoms with Gasteiger partial charge < -0.3 is 4.84 Å². The molecule has 0 aliphatic carbocycles. The molecule has 0 atom stereocenters. The molecule has 0 saturated heterocycles. The summed E-state index contributed by atoms with van der Waals surface area (Å²) in [7, 11) is 0. The molecule has 0 aromatic rings. The fourth-order valence-electron chi connectivity index (χ4n) is 0.0365. The summed E-state index contributed by atoms with van der Waals surface area (Å²) in [4.78, 5) is 5.60. The van der Waals surface area contributed by atoms with Gasteiger partial charge in [-0.05, 0) is 5.53 Å². The van der Waals surface area contributed by atoms with Crippen molar-refractivity contribution in [3.8, 4) is 6.26 Å². The minimum atomic E-state index is 1.15. The molecule has 0 saturated carbocycles. The van der Waals surface area contributed by atoms with E-state index < -0.39 is 0 Å². The Labute approximate surface area is 33.3 Å². The fraction of sp³-hybridized carbons (Fsp3) is 0. The van der Waals surface area contributed by atoms with Crippen molar-refractivity contribution in [1.29, 1.82) is 5.26 Å². The minimum absolute atomic E-state index is 1.15. The van der Waals surface area contributed by atoms with Crippen LogP contribution < -0.4 is 0 Å². The monoisotopic (exact) mass is 84.0 g/mol. The van der Waals surface area contributed by atoms with Gasteiger partial charge in [-0.1, -0.05) is 0 Å². The van der Waals surface area contributed by atoms with Gasteiger partial charge in [-0.25, -0.2) is 0 Å². The summed E-state index contributed by atoms with van der Waals surface area (Å²) < 4.78 is 0. The van der Waals surface area contributed by atoms with Gasteiger partial charge in [0.25, 0.3) is 6.26 Å². The maximum absolute atomic E-state index is 7.46. The summed E-state index contributed by atoms with van der Waals surface area (Å²) >= 11 is 0. The Kier molecular flexibility index (Phi) is 2.76. The zero-order valence-corrected chi connectivity index (χ0v) is 2.70. The third-order valence-corrected chi connectivity index (χ3v) is 0.118. The lowest BCUT2D eigenvalue weighted by atomic mass is 11.6. The number of rotatable bonds is 1. The van der Waals surface area contributed by atoms with Crippen LogP contribution in [0, 0.1) is 11.5 Å². The van der Waals surface area contributed by atoms with E-state index in [2.05, 4.69) is 15.0 Å². The summed E-state index contributed by atoms with van der Waals surface area (Å²) in [5, 5.41) is 9.87. The normalized spacial score (nSPS) is 4.50. The second kappa shape index (κ2) is 3.60. The van der Waals surface area contributed by atoms with Gasteiger partial charge in [0.2, 0.25) is 0 Å². The molecule has 6 heavy (non-hydrogen) atoms. The lowest BCUT2D eigenvalue weighted by Crippen LogP contribution is -1.54. The Morgan fingerprint density at radius 1 is 2.00 bits per heavy atom. The van der Waals surface area contributed by atoms with Gasteiger partial charge in [-0.2, -0.15) is 0 Å². The molecule has 0 N–H and O–H groups in total. The molecule has 0 heterocycles. The largest absolute Gasteiger partial charge is 0.316 e. The molecule has 0 bridgehead atoms. The molecule has 0 radical (unpaired) electrons. The average molecular weight is 84.0 g/mol. The summed E-state index contributed by atoms with van der Waals surface area (Å²) in [6.45, 7) is 0. The molecular formula is CN4O. The highest BCUT2D eigenvalue weighted by molar-refractivity contribution is 4.42. The average Bonchev–Trinajstić information content (AvgIpc) is 1.61. The van der Waals surface area contributed by atoms with Gasteiger partial charge in [0.05, 0.1) is 0 Å². The number of azide groups is 1. The van der Waals surface area contributed by atoms with Gasteiger partial charge in [0, 0.05) is 4.91 Å². The minimum Gasteiger partial charge on any atom is -0.316 e. The smallest absolute Gasteiger partial charge is 0.299 e. The lowest BCUT2D eigenvalue weighted by molar-refractivity contribution is 0.283. The Balaban J connectivity index is 3.16. The summed E-state index contributed by atoms with van der Waals surface area (Å²) in [5.74, 6) is 0. The van der Waals surface area contributed by atoms with E-state index in [0.29, 0.717) is 0 Å². The Morgan fingerprint density at radius 3 is 2.83 bits per heavy atom. The molecule has 0 aromatic heterocycles. The quantitative estimate of drug-likeness (QED) is 0.154. The van der Waals surface area contributed by atoms with E-state index in [1.807, 2.05) is 0 Å². The molecule has 0 rings (SSSR count). The second-order valence-electron chi connectivity index (χ2n) is 0.354. The first-order chi connectivity index (χ1) is 2.91. The van der Waals surface area contributed by atoms with Crippen molar-refractivity contribution in [1.82, 2.24) is 0 Å². The van der Waals surface area contributed by atoms with E-state index in [1.165, 1.54) is 0 Å². The Morgan fingerprint density at radius 2 is 2.67 bits per heavy atom. The number of hydrogen-bond donors (Lipinski definition) is 0. The zero-order chi connectivity index (χ0) is 4.83. The van der Waals surface area contributed by atoms with Crippen molar-refractivity contribution in [2.24, 2.45) is 5.28 Å². The first-order valence-corrected chi connectivity index (χ1v) is 1.01. The molecule has 0 aliphatic rings. The van der Waals surface area contributed by atoms with Crippen molar-refractivity contribution in [2.45, 2.75) is 0 Å². The van der Waals surface area contributed by atoms with Crippen LogP contribution >= 0.6 is 0 Å². The highest BCUT2D eigenvalue weighted by Crippen LogP contribution is 1.66. The van der Waals surface area contributed by atoms with Crippen LogP contribution in [0.5, 0.6) is 0 Å². The van der Waals surface area contributed by atoms with Crippen LogP contribution in [0.15, 0.2) is 5.28 Å². The Bertz CT molecular complexity index is 105. The summed E-state index contributed by atoms with van der Waals surface area (Å²) in [6.07, 6.45) is 1.15. The molecule has 0 unspecified atom stereocenters. The van der Waals surface area contributed by atoms with E-state index in [-0.39, 0.29) is 0 Å². The van der Waals surface area contributed by atoms with Gasteiger partial charge in [0.1, 0.15) is 5.28 Å². The number of nitriles is 1. The van der Waals surface area contributed by atoms with E-state index in [1.54, 1.807) is 0 Å². The van der Waals surface area contributed by atoms with Crippen molar-refractivity contribution in [3.63, 3.8) is 0 Å². The maximum Gasteiger partial charge on any atom is 0.299 e. The number of hydrogen-bond acceptors (Lipinski definition) is 3. The summed E-state index contributed by atoms with van der Waals surface area (Å²) in [5.41, 5.74) is 7.38. The predicted octanol–water partition coefficient (Wildman–Crippen LogP) is 0.709. The maximum atomic E-state index is 7.46. The topological polar surface area (TPSA) is 81.8 Å². The third kappa shape index (κ3) is 2.60. The van der Waals surface area contributed by atoms with E-state index >= 15 is 0 Å². The molecule has 0 amide bonds. The van der Waals surface area contributed by atoms with E-state index in [9.17, 15) is 0 Å². The zero-order valence-electron chi connectivity index (χ0n) is 2.70. The fourth-order valence-corrected chi connectivity index (χ4v) is 0.0365. The predicted molar refractivity (Wildman–Crippen MR) is 15.8 cm³/mol. The van der Waals surface area contributed by atoms with Crippen molar-refractivity contribution < 1.29 is 4.84 Å². The molecule has 0 spiro atoms. The van der Waals surface area contributed by atoms with Crippen LogP contribution in [0.1, 0.15) is 0 Å². The highest BCUT2D eigenvalue weighted by atomic mass is 16.6. The van der Waals surface area contributed by atoms with Gasteiger partial charge >= 0.3 is 0 Å². The standard InChI is InChI=1S/CN4O/c2-1-6-5-4-3. The van der Waals surface area contributed by atoms with Crippen LogP contribution in [0.2, 0.25) is 0 Å². The molecule has 0 aromatic carbocycles. The van der Waals surface area contributed by atoms with Crippen LogP contribution in [0.3, 0.4) is 0 Å². The van der Waals surface area contributed by atoms with Crippen molar-refractivity contribution >= 4 is 0 Å². The molecule has 0 aliphatic heterocycles. The van der Waals surface area contributed by atoms with Crippen molar-refractivity contribution in [3.05, 3.63) is 10.4 Å². The first kappa shape index (κ1) is 4.60. The second-order valence-corrected chi connectivity index (χ2v) is 0.354. The van der Waals surface area contributed by atoms with Gasteiger partial charge in [0.15, 0.2) is 0 Å². The highest BCUT2D eigenvalue weighted by Gasteiger charge is 1.58. The molecule has 0 fully saturated rings. The van der Waals surface area contributed by atoms with Crippen molar-refractivity contribution in [2.75, 3.05) is 0 Å². The van der Waals surface area contributed by atoms with E-state index in [4.69, 9.17) is 10.8 Å². The molecular weight excluding hydrogens is 84.0 g/mol. The van der Waals surface area contributed by atoms with Crippen LogP contribution in [0.4, 0.5) is 0 Å². The molecule has 30 valence electrons. The first-order valence-electron chi connectivity index (χ1n) is 1.01. The van der Waals surface area contributed by atoms with Crippen LogP contribution in [-0.4, -0.2) is 0 Å². The van der Waals surface area contributed by atoms with Crippen LogP contribution in [-0.2, 0) is 4.84 Å². The molecule has 5 nitrogen and oxygen atoms in total. The molecule has 5 heteroatoms. The summed E-state index contributed by atoms with van der Waals surface area (Å²) in [6, 6.07) is 0.